The fourth-order valence-corrected chi connectivity index (χ4v) is 3.09. The van der Waals surface area contributed by atoms with Crippen LogP contribution in [-0.4, -0.2) is 65.4 Å². The molecule has 2 amide bonds. The number of carbonyl (C=O) groups excluding carboxylic acids is 3. The van der Waals surface area contributed by atoms with E-state index in [1.54, 1.807) is 0 Å². The highest BCUT2D eigenvalue weighted by molar-refractivity contribution is 5.89. The van der Waals surface area contributed by atoms with E-state index in [0.29, 0.717) is 13.1 Å². The molecule has 0 aliphatic rings. The maximum atomic E-state index is 12.2. The number of hydrogen-bond acceptors (Lipinski definition) is 6. The third-order valence-electron chi connectivity index (χ3n) is 4.79. The maximum absolute atomic E-state index is 12.2. The van der Waals surface area contributed by atoms with Gasteiger partial charge in [-0.3, -0.25) is 24.6 Å². The molecule has 0 atom stereocenters. The topological polar surface area (TPSA) is 133 Å². The maximum Gasteiger partial charge on any atom is 0.322 e. The first-order valence-corrected chi connectivity index (χ1v) is 10.0. The Morgan fingerprint density at radius 3 is 2.39 bits per heavy atom. The Labute approximate surface area is 180 Å². The number of carboxylic acid groups (broad SMARTS) is 1. The van der Waals surface area contributed by atoms with Crippen molar-refractivity contribution < 1.29 is 24.3 Å². The Balaban J connectivity index is 1.83. The normalized spacial score (nSPS) is 10.9. The molecule has 1 aromatic carbocycles. The molecule has 0 bridgehead atoms. The molecular weight excluding hydrogens is 402 g/mol. The standard InChI is InChI=1S/C21H29N5O5/c1-22-25(2)14-16-11-15-5-3-4-6-18(15)26(16)10-9-20(29)23-12-17(27)7-8-19(28)24-13-21(30)31/h3-6,11,22H,7-10,12-14H2,1-2H3,(H,23,29)(H,24,28)(H,30,31). The zero-order chi connectivity index (χ0) is 22.8. The van der Waals surface area contributed by atoms with E-state index in [4.69, 9.17) is 5.11 Å². The van der Waals surface area contributed by atoms with E-state index in [1.165, 1.54) is 0 Å². The molecule has 0 unspecified atom stereocenters. The fourth-order valence-electron chi connectivity index (χ4n) is 3.09. The van der Waals surface area contributed by atoms with Crippen molar-refractivity contribution in [2.45, 2.75) is 32.4 Å². The fraction of sp³-hybridized carbons (Fsp3) is 0.429. The van der Waals surface area contributed by atoms with Gasteiger partial charge in [-0.2, -0.15) is 0 Å². The van der Waals surface area contributed by atoms with E-state index >= 15 is 0 Å². The van der Waals surface area contributed by atoms with Crippen LogP contribution in [0.2, 0.25) is 0 Å². The third kappa shape index (κ3) is 7.83. The van der Waals surface area contributed by atoms with E-state index in [1.807, 2.05) is 43.4 Å². The van der Waals surface area contributed by atoms with Crippen molar-refractivity contribution in [1.29, 1.82) is 0 Å². The molecule has 0 aliphatic heterocycles. The van der Waals surface area contributed by atoms with Gasteiger partial charge in [0, 0.05) is 44.1 Å². The van der Waals surface area contributed by atoms with E-state index in [-0.39, 0.29) is 37.5 Å². The van der Waals surface area contributed by atoms with Crippen LogP contribution in [0, 0.1) is 0 Å². The highest BCUT2D eigenvalue weighted by atomic mass is 16.4. The third-order valence-corrected chi connectivity index (χ3v) is 4.79. The second-order valence-corrected chi connectivity index (χ2v) is 7.16. The van der Waals surface area contributed by atoms with Gasteiger partial charge >= 0.3 is 5.97 Å². The molecule has 0 aliphatic carbocycles. The SMILES string of the molecule is CNN(C)Cc1cc2ccccc2n1CCC(=O)NCC(=O)CCC(=O)NCC(=O)O. The highest BCUT2D eigenvalue weighted by Gasteiger charge is 2.13. The van der Waals surface area contributed by atoms with Crippen LogP contribution in [0.25, 0.3) is 10.9 Å². The van der Waals surface area contributed by atoms with Crippen molar-refractivity contribution in [2.75, 3.05) is 27.2 Å². The smallest absolute Gasteiger partial charge is 0.322 e. The average molecular weight is 431 g/mol. The van der Waals surface area contributed by atoms with E-state index in [0.717, 1.165) is 16.6 Å². The van der Waals surface area contributed by atoms with E-state index < -0.39 is 18.4 Å². The Morgan fingerprint density at radius 2 is 1.68 bits per heavy atom. The van der Waals surface area contributed by atoms with Gasteiger partial charge in [0.05, 0.1) is 13.1 Å². The summed E-state index contributed by atoms with van der Waals surface area (Å²) in [5.74, 6) is -2.21. The molecule has 1 heterocycles. The van der Waals surface area contributed by atoms with Crippen LogP contribution in [0.5, 0.6) is 0 Å². The van der Waals surface area contributed by atoms with Gasteiger partial charge in [-0.15, -0.1) is 0 Å². The number of nitrogens with one attached hydrogen (secondary N) is 3. The summed E-state index contributed by atoms with van der Waals surface area (Å²) in [7, 11) is 3.77. The molecule has 2 aromatic rings. The number of nitrogens with zero attached hydrogens (tertiary/aromatic N) is 2. The van der Waals surface area contributed by atoms with Crippen LogP contribution < -0.4 is 16.1 Å². The lowest BCUT2D eigenvalue weighted by atomic mass is 10.2. The minimum Gasteiger partial charge on any atom is -0.480 e. The van der Waals surface area contributed by atoms with Gasteiger partial charge in [-0.1, -0.05) is 18.2 Å². The van der Waals surface area contributed by atoms with Crippen molar-refractivity contribution in [3.8, 4) is 0 Å². The first-order chi connectivity index (χ1) is 14.8. The molecule has 0 saturated heterocycles. The number of Topliss-reactive ketones (excluding diaryl/α,β-unsaturated/α-hetero) is 1. The molecule has 1 aromatic heterocycles. The minimum atomic E-state index is -1.15. The number of fused-ring (bicyclic) bond motifs is 1. The Morgan fingerprint density at radius 1 is 1.00 bits per heavy atom. The lowest BCUT2D eigenvalue weighted by Crippen LogP contribution is -2.33. The summed E-state index contributed by atoms with van der Waals surface area (Å²) in [6, 6.07) is 10.1. The number of aromatic nitrogens is 1. The largest absolute Gasteiger partial charge is 0.480 e. The summed E-state index contributed by atoms with van der Waals surface area (Å²) in [4.78, 5) is 45.9. The second kappa shape index (κ2) is 11.8. The quantitative estimate of drug-likeness (QED) is 0.335. The molecule has 0 spiro atoms. The first kappa shape index (κ1) is 24.0. The number of benzene rings is 1. The molecule has 10 heteroatoms. The average Bonchev–Trinajstić information content (AvgIpc) is 3.09. The summed E-state index contributed by atoms with van der Waals surface area (Å²) < 4.78 is 2.09. The van der Waals surface area contributed by atoms with Gasteiger partial charge in [-0.05, 0) is 24.6 Å². The number of aryl methyl sites for hydroxylation is 1. The number of aliphatic carboxylic acids is 1. The second-order valence-electron chi connectivity index (χ2n) is 7.16. The molecule has 10 nitrogen and oxygen atoms in total. The summed E-state index contributed by atoms with van der Waals surface area (Å²) in [6.07, 6.45) is 0.0372. The number of carbonyl (C=O) groups is 4. The summed E-state index contributed by atoms with van der Waals surface area (Å²) in [5, 5.41) is 16.3. The Hall–Kier alpha value is -3.24. The van der Waals surface area contributed by atoms with Gasteiger partial charge in [0.15, 0.2) is 5.78 Å². The predicted octanol–water partition coefficient (Wildman–Crippen LogP) is 0.264. The summed E-state index contributed by atoms with van der Waals surface area (Å²) in [5.41, 5.74) is 5.17. The number of ketones is 1. The van der Waals surface area contributed by atoms with E-state index in [2.05, 4.69) is 26.7 Å². The van der Waals surface area contributed by atoms with Crippen LogP contribution in [0.3, 0.4) is 0 Å². The van der Waals surface area contributed by atoms with Crippen molar-refractivity contribution in [3.63, 3.8) is 0 Å². The van der Waals surface area contributed by atoms with Gasteiger partial charge in [0.1, 0.15) is 6.54 Å². The van der Waals surface area contributed by atoms with Gasteiger partial charge in [-0.25, -0.2) is 5.01 Å². The molecule has 0 radical (unpaired) electrons. The van der Waals surface area contributed by atoms with Crippen molar-refractivity contribution in [3.05, 3.63) is 36.0 Å². The number of amides is 2. The van der Waals surface area contributed by atoms with Crippen molar-refractivity contribution >= 4 is 34.5 Å². The lowest BCUT2D eigenvalue weighted by Gasteiger charge is -2.17. The van der Waals surface area contributed by atoms with Gasteiger partial charge in [0.2, 0.25) is 11.8 Å². The molecule has 31 heavy (non-hydrogen) atoms. The number of rotatable bonds is 13. The summed E-state index contributed by atoms with van der Waals surface area (Å²) >= 11 is 0. The van der Waals surface area contributed by atoms with Gasteiger partial charge < -0.3 is 20.3 Å². The van der Waals surface area contributed by atoms with Crippen molar-refractivity contribution in [1.82, 2.24) is 25.6 Å². The lowest BCUT2D eigenvalue weighted by molar-refractivity contribution is -0.138. The molecule has 0 saturated carbocycles. The molecule has 4 N–H and O–H groups in total. The van der Waals surface area contributed by atoms with Gasteiger partial charge in [0.25, 0.3) is 0 Å². The monoisotopic (exact) mass is 431 g/mol. The number of hydrogen-bond donors (Lipinski definition) is 4. The molecule has 168 valence electrons. The summed E-state index contributed by atoms with van der Waals surface area (Å²) in [6.45, 7) is 0.490. The van der Waals surface area contributed by atoms with Crippen LogP contribution in [-0.2, 0) is 32.3 Å². The van der Waals surface area contributed by atoms with Crippen LogP contribution in [0.15, 0.2) is 30.3 Å². The van der Waals surface area contributed by atoms with E-state index in [9.17, 15) is 19.2 Å². The zero-order valence-corrected chi connectivity index (χ0v) is 17.8. The van der Waals surface area contributed by atoms with Crippen molar-refractivity contribution in [2.24, 2.45) is 0 Å². The Bertz CT molecular complexity index is 939. The number of hydrazine groups is 1. The van der Waals surface area contributed by atoms with Crippen LogP contribution in [0.4, 0.5) is 0 Å². The number of carboxylic acids is 1. The molecular formula is C21H29N5O5. The highest BCUT2D eigenvalue weighted by Crippen LogP contribution is 2.21. The van der Waals surface area contributed by atoms with Crippen LogP contribution >= 0.6 is 0 Å². The zero-order valence-electron chi connectivity index (χ0n) is 17.8. The molecule has 2 rings (SSSR count). The predicted molar refractivity (Wildman–Crippen MR) is 115 cm³/mol. The molecule has 0 fully saturated rings. The number of para-hydroxylation sites is 1. The first-order valence-electron chi connectivity index (χ1n) is 10.0. The Kier molecular flexibility index (Phi) is 9.16. The minimum absolute atomic E-state index is 0.0610. The van der Waals surface area contributed by atoms with Crippen LogP contribution in [0.1, 0.15) is 25.0 Å².